The topological polar surface area (TPSA) is 81.2 Å². The van der Waals surface area contributed by atoms with Crippen LogP contribution in [0.1, 0.15) is 26.2 Å². The molecule has 1 aliphatic carbocycles. The molecule has 1 aromatic rings. The second-order valence-corrected chi connectivity index (χ2v) is 4.69. The number of nitrogens with zero attached hydrogens (tertiary/aromatic N) is 1. The molecule has 1 fully saturated rings. The molecule has 17 heavy (non-hydrogen) atoms. The van der Waals surface area contributed by atoms with Gasteiger partial charge in [-0.2, -0.15) is 0 Å². The van der Waals surface area contributed by atoms with Crippen molar-refractivity contribution in [3.8, 4) is 0 Å². The fourth-order valence-electron chi connectivity index (χ4n) is 2.14. The van der Waals surface area contributed by atoms with Gasteiger partial charge in [0.1, 0.15) is 0 Å². The summed E-state index contributed by atoms with van der Waals surface area (Å²) in [4.78, 5) is 10.3. The van der Waals surface area contributed by atoms with Crippen molar-refractivity contribution in [2.45, 2.75) is 32.2 Å². The lowest BCUT2D eigenvalue weighted by molar-refractivity contribution is -0.384. The van der Waals surface area contributed by atoms with Crippen molar-refractivity contribution in [2.24, 2.45) is 5.92 Å². The van der Waals surface area contributed by atoms with Gasteiger partial charge in [-0.05, 0) is 31.7 Å². The molecule has 0 spiro atoms. The number of hydrogen-bond donors (Lipinski definition) is 2. The predicted molar refractivity (Wildman–Crippen MR) is 67.9 cm³/mol. The molecule has 2 rings (SSSR count). The molecule has 1 aliphatic rings. The van der Waals surface area contributed by atoms with Crippen LogP contribution in [0.2, 0.25) is 0 Å². The van der Waals surface area contributed by atoms with E-state index in [-0.39, 0.29) is 5.69 Å². The van der Waals surface area contributed by atoms with Crippen molar-refractivity contribution >= 4 is 17.1 Å². The molecular formula is C12H17N3O2. The van der Waals surface area contributed by atoms with Crippen LogP contribution >= 0.6 is 0 Å². The molecule has 1 atom stereocenters. The number of nitro groups is 1. The lowest BCUT2D eigenvalue weighted by Crippen LogP contribution is -2.30. The van der Waals surface area contributed by atoms with Crippen LogP contribution in [0.5, 0.6) is 0 Å². The van der Waals surface area contributed by atoms with Gasteiger partial charge in [0, 0.05) is 29.5 Å². The number of nitrogens with one attached hydrogen (secondary N) is 1. The summed E-state index contributed by atoms with van der Waals surface area (Å²) in [7, 11) is 0. The Kier molecular flexibility index (Phi) is 3.17. The Labute approximate surface area is 100 Å². The summed E-state index contributed by atoms with van der Waals surface area (Å²) in [6.07, 6.45) is 3.75. The second-order valence-electron chi connectivity index (χ2n) is 4.69. The summed E-state index contributed by atoms with van der Waals surface area (Å²) in [5, 5.41) is 14.0. The van der Waals surface area contributed by atoms with Crippen molar-refractivity contribution in [1.29, 1.82) is 0 Å². The minimum absolute atomic E-state index is 0.0355. The van der Waals surface area contributed by atoms with Gasteiger partial charge in [0.05, 0.1) is 4.92 Å². The zero-order valence-electron chi connectivity index (χ0n) is 9.85. The van der Waals surface area contributed by atoms with E-state index in [4.69, 9.17) is 5.73 Å². The highest BCUT2D eigenvalue weighted by atomic mass is 16.6. The van der Waals surface area contributed by atoms with Crippen molar-refractivity contribution in [1.82, 2.24) is 0 Å². The molecule has 1 aromatic carbocycles. The smallest absolute Gasteiger partial charge is 0.273 e. The zero-order chi connectivity index (χ0) is 12.4. The number of non-ortho nitro benzene ring substituents is 1. The van der Waals surface area contributed by atoms with E-state index in [1.165, 1.54) is 31.4 Å². The molecule has 3 N–H and O–H groups in total. The third-order valence-corrected chi connectivity index (χ3v) is 3.40. The largest absolute Gasteiger partial charge is 0.398 e. The molecule has 1 saturated carbocycles. The van der Waals surface area contributed by atoms with E-state index in [1.54, 1.807) is 6.07 Å². The summed E-state index contributed by atoms with van der Waals surface area (Å²) in [6, 6.07) is 4.98. The van der Waals surface area contributed by atoms with Crippen LogP contribution in [0.15, 0.2) is 18.2 Å². The predicted octanol–water partition coefficient (Wildman–Crippen LogP) is 2.78. The molecule has 0 aromatic heterocycles. The Morgan fingerprint density at radius 3 is 2.71 bits per heavy atom. The average molecular weight is 235 g/mol. The average Bonchev–Trinajstić information content (AvgIpc) is 2.13. The highest BCUT2D eigenvalue weighted by Gasteiger charge is 2.24. The quantitative estimate of drug-likeness (QED) is 0.477. The summed E-state index contributed by atoms with van der Waals surface area (Å²) in [5.41, 5.74) is 6.84. The standard InChI is InChI=1S/C12H17N3O2/c1-8(9-3-2-4-9)14-11-5-10(13)6-12(7-11)15(16)17/h5-9,14H,2-4,13H2,1H3. The lowest BCUT2D eigenvalue weighted by atomic mass is 9.80. The molecule has 0 aliphatic heterocycles. The highest BCUT2D eigenvalue weighted by molar-refractivity contribution is 5.61. The summed E-state index contributed by atoms with van der Waals surface area (Å²) < 4.78 is 0. The van der Waals surface area contributed by atoms with E-state index in [1.807, 2.05) is 0 Å². The highest BCUT2D eigenvalue weighted by Crippen LogP contribution is 2.32. The zero-order valence-corrected chi connectivity index (χ0v) is 9.85. The molecule has 0 heterocycles. The molecule has 92 valence electrons. The Morgan fingerprint density at radius 1 is 1.47 bits per heavy atom. The lowest BCUT2D eigenvalue weighted by Gasteiger charge is -2.32. The molecule has 0 amide bonds. The molecule has 1 unspecified atom stereocenters. The first-order chi connectivity index (χ1) is 8.06. The normalized spacial score (nSPS) is 17.2. The minimum atomic E-state index is -0.421. The number of anilines is 2. The van der Waals surface area contributed by atoms with E-state index >= 15 is 0 Å². The van der Waals surface area contributed by atoms with Crippen LogP contribution in [0.25, 0.3) is 0 Å². The van der Waals surface area contributed by atoms with Crippen molar-refractivity contribution in [3.05, 3.63) is 28.3 Å². The number of nitro benzene ring substituents is 1. The van der Waals surface area contributed by atoms with Crippen LogP contribution < -0.4 is 11.1 Å². The van der Waals surface area contributed by atoms with Gasteiger partial charge in [-0.25, -0.2) is 0 Å². The first-order valence-electron chi connectivity index (χ1n) is 5.88. The minimum Gasteiger partial charge on any atom is -0.398 e. The van der Waals surface area contributed by atoms with Gasteiger partial charge in [-0.15, -0.1) is 0 Å². The first kappa shape index (κ1) is 11.7. The Bertz CT molecular complexity index is 430. The fourth-order valence-corrected chi connectivity index (χ4v) is 2.14. The first-order valence-corrected chi connectivity index (χ1v) is 5.88. The van der Waals surface area contributed by atoms with Gasteiger partial charge >= 0.3 is 0 Å². The van der Waals surface area contributed by atoms with Gasteiger partial charge in [0.2, 0.25) is 0 Å². The third kappa shape index (κ3) is 2.67. The maximum Gasteiger partial charge on any atom is 0.273 e. The summed E-state index contributed by atoms with van der Waals surface area (Å²) in [6.45, 7) is 2.11. The van der Waals surface area contributed by atoms with E-state index < -0.39 is 4.92 Å². The Hall–Kier alpha value is -1.78. The fraction of sp³-hybridized carbons (Fsp3) is 0.500. The molecule has 0 radical (unpaired) electrons. The Morgan fingerprint density at radius 2 is 2.18 bits per heavy atom. The van der Waals surface area contributed by atoms with Crippen molar-refractivity contribution < 1.29 is 4.92 Å². The van der Waals surface area contributed by atoms with E-state index in [9.17, 15) is 10.1 Å². The van der Waals surface area contributed by atoms with E-state index in [2.05, 4.69) is 12.2 Å². The summed E-state index contributed by atoms with van der Waals surface area (Å²) >= 11 is 0. The van der Waals surface area contributed by atoms with Gasteiger partial charge in [-0.3, -0.25) is 10.1 Å². The van der Waals surface area contributed by atoms with E-state index in [0.717, 1.165) is 5.69 Å². The Balaban J connectivity index is 2.11. The monoisotopic (exact) mass is 235 g/mol. The van der Waals surface area contributed by atoms with Gasteiger partial charge in [-0.1, -0.05) is 6.42 Å². The number of benzene rings is 1. The van der Waals surface area contributed by atoms with Crippen LogP contribution in [0.3, 0.4) is 0 Å². The van der Waals surface area contributed by atoms with E-state index in [0.29, 0.717) is 17.6 Å². The SMILES string of the molecule is CC(Nc1cc(N)cc([N+](=O)[O-])c1)C1CCC1. The van der Waals surface area contributed by atoms with Crippen LogP contribution in [0.4, 0.5) is 17.1 Å². The molecule has 5 heteroatoms. The number of hydrogen-bond acceptors (Lipinski definition) is 4. The maximum atomic E-state index is 10.7. The second kappa shape index (κ2) is 4.61. The van der Waals surface area contributed by atoms with Gasteiger partial charge in [0.25, 0.3) is 5.69 Å². The van der Waals surface area contributed by atoms with Gasteiger partial charge < -0.3 is 11.1 Å². The number of nitrogens with two attached hydrogens (primary N) is 1. The summed E-state index contributed by atoms with van der Waals surface area (Å²) in [5.74, 6) is 0.676. The molecule has 0 saturated heterocycles. The number of rotatable bonds is 4. The van der Waals surface area contributed by atoms with Crippen LogP contribution in [-0.2, 0) is 0 Å². The van der Waals surface area contributed by atoms with Gasteiger partial charge in [0.15, 0.2) is 0 Å². The maximum absolute atomic E-state index is 10.7. The molecule has 5 nitrogen and oxygen atoms in total. The number of nitrogen functional groups attached to an aromatic ring is 1. The molecular weight excluding hydrogens is 218 g/mol. The third-order valence-electron chi connectivity index (χ3n) is 3.40. The van der Waals surface area contributed by atoms with Crippen molar-refractivity contribution in [2.75, 3.05) is 11.1 Å². The van der Waals surface area contributed by atoms with Crippen molar-refractivity contribution in [3.63, 3.8) is 0 Å². The van der Waals surface area contributed by atoms with Crippen LogP contribution in [0, 0.1) is 16.0 Å². The molecule has 0 bridgehead atoms. The van der Waals surface area contributed by atoms with Crippen LogP contribution in [-0.4, -0.2) is 11.0 Å².